The summed E-state index contributed by atoms with van der Waals surface area (Å²) in [6, 6.07) is 1.80. The van der Waals surface area contributed by atoms with Crippen molar-refractivity contribution in [3.8, 4) is 0 Å². The molecule has 0 aliphatic heterocycles. The zero-order valence-corrected chi connectivity index (χ0v) is 10.4. The van der Waals surface area contributed by atoms with Crippen molar-refractivity contribution in [1.82, 2.24) is 4.90 Å². The van der Waals surface area contributed by atoms with Crippen molar-refractivity contribution >= 4 is 0 Å². The van der Waals surface area contributed by atoms with Crippen LogP contribution in [0.5, 0.6) is 0 Å². The standard InChI is InChI=1S/C12H26N2O/c1-10(8-9-15-3)14(2)12-6-4-11(13)5-7-12/h10-12H,4-9,13H2,1-3H3. The first-order chi connectivity index (χ1) is 7.15. The summed E-state index contributed by atoms with van der Waals surface area (Å²) >= 11 is 0. The molecule has 1 atom stereocenters. The minimum Gasteiger partial charge on any atom is -0.385 e. The zero-order chi connectivity index (χ0) is 11.3. The van der Waals surface area contributed by atoms with Crippen LogP contribution in [0.1, 0.15) is 39.0 Å². The van der Waals surface area contributed by atoms with Gasteiger partial charge in [-0.3, -0.25) is 0 Å². The molecule has 15 heavy (non-hydrogen) atoms. The SMILES string of the molecule is COCCC(C)N(C)C1CCC(N)CC1. The largest absolute Gasteiger partial charge is 0.385 e. The molecule has 1 fully saturated rings. The predicted octanol–water partition coefficient (Wildman–Crippen LogP) is 1.61. The van der Waals surface area contributed by atoms with Crippen LogP contribution in [0.4, 0.5) is 0 Å². The average Bonchev–Trinajstić information content (AvgIpc) is 2.26. The summed E-state index contributed by atoms with van der Waals surface area (Å²) in [4.78, 5) is 2.50. The maximum absolute atomic E-state index is 5.91. The molecule has 0 aromatic carbocycles. The molecule has 3 nitrogen and oxygen atoms in total. The monoisotopic (exact) mass is 214 g/mol. The first kappa shape index (κ1) is 12.9. The van der Waals surface area contributed by atoms with E-state index in [9.17, 15) is 0 Å². The van der Waals surface area contributed by atoms with E-state index in [-0.39, 0.29) is 0 Å². The van der Waals surface area contributed by atoms with Gasteiger partial charge in [0.2, 0.25) is 0 Å². The van der Waals surface area contributed by atoms with Crippen molar-refractivity contribution < 1.29 is 4.74 Å². The molecule has 0 aromatic rings. The van der Waals surface area contributed by atoms with E-state index in [0.717, 1.165) is 19.1 Å². The molecule has 0 spiro atoms. The molecular formula is C12H26N2O. The number of hydrogen-bond acceptors (Lipinski definition) is 3. The lowest BCUT2D eigenvalue weighted by molar-refractivity contribution is 0.106. The Bertz CT molecular complexity index is 167. The maximum atomic E-state index is 5.91. The summed E-state index contributed by atoms with van der Waals surface area (Å²) in [7, 11) is 4.01. The molecule has 0 radical (unpaired) electrons. The molecular weight excluding hydrogens is 188 g/mol. The van der Waals surface area contributed by atoms with E-state index < -0.39 is 0 Å². The Kier molecular flexibility index (Phi) is 5.58. The van der Waals surface area contributed by atoms with Gasteiger partial charge in [-0.15, -0.1) is 0 Å². The Labute approximate surface area is 94.0 Å². The lowest BCUT2D eigenvalue weighted by Gasteiger charge is -2.37. The molecule has 3 heteroatoms. The van der Waals surface area contributed by atoms with Crippen LogP contribution in [0, 0.1) is 0 Å². The average molecular weight is 214 g/mol. The Morgan fingerprint density at radius 3 is 2.47 bits per heavy atom. The van der Waals surface area contributed by atoms with Crippen LogP contribution in [0.3, 0.4) is 0 Å². The van der Waals surface area contributed by atoms with Gasteiger partial charge in [0.05, 0.1) is 0 Å². The quantitative estimate of drug-likeness (QED) is 0.755. The third kappa shape index (κ3) is 4.09. The van der Waals surface area contributed by atoms with Gasteiger partial charge in [0, 0.05) is 31.8 Å². The van der Waals surface area contributed by atoms with Crippen molar-refractivity contribution in [2.75, 3.05) is 20.8 Å². The molecule has 90 valence electrons. The van der Waals surface area contributed by atoms with Crippen LogP contribution in [0.2, 0.25) is 0 Å². The van der Waals surface area contributed by atoms with Crippen molar-refractivity contribution in [2.45, 2.75) is 57.2 Å². The number of nitrogens with two attached hydrogens (primary N) is 1. The number of ether oxygens (including phenoxy) is 1. The summed E-state index contributed by atoms with van der Waals surface area (Å²) in [6.07, 6.45) is 6.01. The molecule has 0 saturated heterocycles. The molecule has 1 saturated carbocycles. The van der Waals surface area contributed by atoms with E-state index in [1.54, 1.807) is 7.11 Å². The maximum Gasteiger partial charge on any atom is 0.0477 e. The van der Waals surface area contributed by atoms with Crippen molar-refractivity contribution in [3.05, 3.63) is 0 Å². The molecule has 0 heterocycles. The van der Waals surface area contributed by atoms with Crippen LogP contribution in [-0.2, 0) is 4.74 Å². The fraction of sp³-hybridized carbons (Fsp3) is 1.00. The van der Waals surface area contributed by atoms with Gasteiger partial charge in [-0.25, -0.2) is 0 Å². The first-order valence-corrected chi connectivity index (χ1v) is 6.11. The first-order valence-electron chi connectivity index (χ1n) is 6.11. The highest BCUT2D eigenvalue weighted by atomic mass is 16.5. The van der Waals surface area contributed by atoms with Gasteiger partial charge in [0.25, 0.3) is 0 Å². The topological polar surface area (TPSA) is 38.5 Å². The molecule has 1 unspecified atom stereocenters. The van der Waals surface area contributed by atoms with Gasteiger partial charge in [-0.05, 0) is 46.1 Å². The second-order valence-corrected chi connectivity index (χ2v) is 4.86. The third-order valence-electron chi connectivity index (χ3n) is 3.75. The van der Waals surface area contributed by atoms with Crippen LogP contribution in [-0.4, -0.2) is 43.8 Å². The molecule has 0 amide bonds. The summed E-state index contributed by atoms with van der Waals surface area (Å²) in [6.45, 7) is 3.14. The number of nitrogens with zero attached hydrogens (tertiary/aromatic N) is 1. The smallest absolute Gasteiger partial charge is 0.0477 e. The van der Waals surface area contributed by atoms with Crippen LogP contribution < -0.4 is 5.73 Å². The summed E-state index contributed by atoms with van der Waals surface area (Å²) in [5.74, 6) is 0. The number of rotatable bonds is 5. The highest BCUT2D eigenvalue weighted by Gasteiger charge is 2.24. The lowest BCUT2D eigenvalue weighted by Crippen LogP contribution is -2.43. The molecule has 0 bridgehead atoms. The van der Waals surface area contributed by atoms with Crippen LogP contribution in [0.15, 0.2) is 0 Å². The van der Waals surface area contributed by atoms with E-state index in [2.05, 4.69) is 18.9 Å². The Hall–Kier alpha value is -0.120. The normalized spacial score (nSPS) is 29.4. The fourth-order valence-electron chi connectivity index (χ4n) is 2.36. The predicted molar refractivity (Wildman–Crippen MR) is 63.9 cm³/mol. The van der Waals surface area contributed by atoms with E-state index in [0.29, 0.717) is 12.1 Å². The third-order valence-corrected chi connectivity index (χ3v) is 3.75. The fourth-order valence-corrected chi connectivity index (χ4v) is 2.36. The highest BCUT2D eigenvalue weighted by molar-refractivity contribution is 4.81. The lowest BCUT2D eigenvalue weighted by atomic mass is 9.90. The molecule has 1 aliphatic carbocycles. The van der Waals surface area contributed by atoms with Crippen molar-refractivity contribution in [3.63, 3.8) is 0 Å². The van der Waals surface area contributed by atoms with Gasteiger partial charge >= 0.3 is 0 Å². The summed E-state index contributed by atoms with van der Waals surface area (Å²) in [5.41, 5.74) is 5.91. The van der Waals surface area contributed by atoms with Gasteiger partial charge < -0.3 is 15.4 Å². The molecule has 1 aliphatic rings. The van der Waals surface area contributed by atoms with Gasteiger partial charge in [0.1, 0.15) is 0 Å². The Balaban J connectivity index is 2.29. The van der Waals surface area contributed by atoms with E-state index >= 15 is 0 Å². The van der Waals surface area contributed by atoms with E-state index in [4.69, 9.17) is 10.5 Å². The van der Waals surface area contributed by atoms with Crippen molar-refractivity contribution in [2.24, 2.45) is 5.73 Å². The Morgan fingerprint density at radius 2 is 1.93 bits per heavy atom. The summed E-state index contributed by atoms with van der Waals surface area (Å²) in [5, 5.41) is 0. The van der Waals surface area contributed by atoms with Crippen molar-refractivity contribution in [1.29, 1.82) is 0 Å². The van der Waals surface area contributed by atoms with E-state index in [1.807, 2.05) is 0 Å². The number of hydrogen-bond donors (Lipinski definition) is 1. The van der Waals surface area contributed by atoms with Gasteiger partial charge in [0.15, 0.2) is 0 Å². The molecule has 0 aromatic heterocycles. The Morgan fingerprint density at radius 1 is 1.33 bits per heavy atom. The molecule has 2 N–H and O–H groups in total. The van der Waals surface area contributed by atoms with Crippen LogP contribution in [0.25, 0.3) is 0 Å². The second-order valence-electron chi connectivity index (χ2n) is 4.86. The second kappa shape index (κ2) is 6.46. The van der Waals surface area contributed by atoms with E-state index in [1.165, 1.54) is 25.7 Å². The highest BCUT2D eigenvalue weighted by Crippen LogP contribution is 2.23. The molecule has 1 rings (SSSR count). The van der Waals surface area contributed by atoms with Crippen LogP contribution >= 0.6 is 0 Å². The minimum absolute atomic E-state index is 0.448. The summed E-state index contributed by atoms with van der Waals surface area (Å²) < 4.78 is 5.12. The van der Waals surface area contributed by atoms with Gasteiger partial charge in [-0.1, -0.05) is 0 Å². The zero-order valence-electron chi connectivity index (χ0n) is 10.4. The van der Waals surface area contributed by atoms with Gasteiger partial charge in [-0.2, -0.15) is 0 Å². The minimum atomic E-state index is 0.448. The number of methoxy groups -OCH3 is 1.